The molecule has 1 amide bonds. The molecule has 0 atom stereocenters. The van der Waals surface area contributed by atoms with E-state index in [9.17, 15) is 4.79 Å². The van der Waals surface area contributed by atoms with Crippen LogP contribution in [0.4, 0.5) is 5.13 Å². The Morgan fingerprint density at radius 1 is 1.14 bits per heavy atom. The van der Waals surface area contributed by atoms with Crippen molar-refractivity contribution in [2.24, 2.45) is 0 Å². The van der Waals surface area contributed by atoms with Crippen LogP contribution in [0.2, 0.25) is 0 Å². The van der Waals surface area contributed by atoms with Crippen molar-refractivity contribution in [3.8, 4) is 5.75 Å². The first-order valence-corrected chi connectivity index (χ1v) is 9.68. The maximum Gasteiger partial charge on any atom is 0.246 e. The van der Waals surface area contributed by atoms with Crippen LogP contribution in [-0.2, 0) is 24.2 Å². The Morgan fingerprint density at radius 3 is 2.93 bits per heavy atom. The molecule has 1 N–H and O–H groups in total. The van der Waals surface area contributed by atoms with Gasteiger partial charge < -0.3 is 9.30 Å². The molecule has 2 aromatic heterocycles. The number of methoxy groups -OCH3 is 1. The molecule has 4 rings (SSSR count). The highest BCUT2D eigenvalue weighted by molar-refractivity contribution is 7.15. The first-order chi connectivity index (χ1) is 13.7. The predicted octanol–water partition coefficient (Wildman–Crippen LogP) is 3.32. The number of carbonyl (C=O) groups excluding carboxylic acids is 1. The number of aromatic nitrogens is 4. The van der Waals surface area contributed by atoms with Gasteiger partial charge in [-0.15, -0.1) is 10.2 Å². The van der Waals surface area contributed by atoms with Crippen LogP contribution in [0.5, 0.6) is 5.75 Å². The highest BCUT2D eigenvalue weighted by Crippen LogP contribution is 2.19. The van der Waals surface area contributed by atoms with E-state index in [1.54, 1.807) is 13.4 Å². The summed E-state index contributed by atoms with van der Waals surface area (Å²) in [4.78, 5) is 16.6. The number of aryl methyl sites for hydroxylation is 2. The van der Waals surface area contributed by atoms with Crippen molar-refractivity contribution in [2.75, 3.05) is 12.4 Å². The fraction of sp³-hybridized carbons (Fsp3) is 0.200. The van der Waals surface area contributed by atoms with Gasteiger partial charge >= 0.3 is 0 Å². The minimum atomic E-state index is -0.154. The van der Waals surface area contributed by atoms with E-state index in [0.29, 0.717) is 5.13 Å². The molecule has 28 heavy (non-hydrogen) atoms. The predicted molar refractivity (Wildman–Crippen MR) is 109 cm³/mol. The van der Waals surface area contributed by atoms with E-state index in [1.807, 2.05) is 47.0 Å². The van der Waals surface area contributed by atoms with Crippen LogP contribution in [0.15, 0.2) is 54.9 Å². The molecule has 142 valence electrons. The Balaban J connectivity index is 1.34. The number of rotatable bonds is 7. The zero-order valence-corrected chi connectivity index (χ0v) is 16.1. The van der Waals surface area contributed by atoms with Gasteiger partial charge in [-0.2, -0.15) is 0 Å². The molecular weight excluding hydrogens is 374 g/mol. The SMILES string of the molecule is COc1cccc(CCc2nnc(NC(=O)Cn3cnc4ccccc43)s2)c1. The first kappa shape index (κ1) is 18.1. The van der Waals surface area contributed by atoms with Crippen molar-refractivity contribution >= 4 is 33.4 Å². The van der Waals surface area contributed by atoms with Gasteiger partial charge in [-0.3, -0.25) is 10.1 Å². The molecule has 0 spiro atoms. The molecule has 0 aliphatic rings. The maximum atomic E-state index is 12.3. The van der Waals surface area contributed by atoms with Crippen LogP contribution in [0.3, 0.4) is 0 Å². The number of carbonyl (C=O) groups is 1. The van der Waals surface area contributed by atoms with Crippen molar-refractivity contribution in [1.29, 1.82) is 0 Å². The number of fused-ring (bicyclic) bond motifs is 1. The van der Waals surface area contributed by atoms with Crippen LogP contribution < -0.4 is 10.1 Å². The lowest BCUT2D eigenvalue weighted by Crippen LogP contribution is -2.18. The van der Waals surface area contributed by atoms with Crippen LogP contribution in [0, 0.1) is 0 Å². The standard InChI is InChI=1S/C20H19N5O2S/c1-27-15-6-4-5-14(11-15)9-10-19-23-24-20(28-19)22-18(26)12-25-13-21-16-7-2-3-8-17(16)25/h2-8,11,13H,9-10,12H2,1H3,(H,22,24,26). The molecule has 0 aliphatic heterocycles. The van der Waals surface area contributed by atoms with Gasteiger partial charge in [-0.05, 0) is 36.2 Å². The van der Waals surface area contributed by atoms with Crippen molar-refractivity contribution in [2.45, 2.75) is 19.4 Å². The molecule has 0 bridgehead atoms. The van der Waals surface area contributed by atoms with Crippen molar-refractivity contribution < 1.29 is 9.53 Å². The van der Waals surface area contributed by atoms with E-state index in [1.165, 1.54) is 16.9 Å². The summed E-state index contributed by atoms with van der Waals surface area (Å²) < 4.78 is 7.06. The molecular formula is C20H19N5O2S. The summed E-state index contributed by atoms with van der Waals surface area (Å²) in [5.74, 6) is 0.688. The second-order valence-electron chi connectivity index (χ2n) is 6.26. The quantitative estimate of drug-likeness (QED) is 0.521. The third kappa shape index (κ3) is 4.17. The smallest absolute Gasteiger partial charge is 0.246 e. The Morgan fingerprint density at radius 2 is 2.04 bits per heavy atom. The second kappa shape index (κ2) is 8.18. The normalized spacial score (nSPS) is 10.9. The number of anilines is 1. The van der Waals surface area contributed by atoms with Gasteiger partial charge in [0.05, 0.1) is 24.5 Å². The van der Waals surface area contributed by atoms with Gasteiger partial charge in [0.2, 0.25) is 11.0 Å². The Bertz CT molecular complexity index is 1100. The number of hydrogen-bond donors (Lipinski definition) is 1. The van der Waals surface area contributed by atoms with E-state index in [4.69, 9.17) is 4.74 Å². The fourth-order valence-corrected chi connectivity index (χ4v) is 3.69. The van der Waals surface area contributed by atoms with Crippen molar-refractivity contribution in [1.82, 2.24) is 19.7 Å². The number of amides is 1. The monoisotopic (exact) mass is 393 g/mol. The zero-order chi connectivity index (χ0) is 19.3. The average molecular weight is 393 g/mol. The van der Waals surface area contributed by atoms with Gasteiger partial charge in [0, 0.05) is 6.42 Å². The van der Waals surface area contributed by atoms with Crippen molar-refractivity contribution in [3.63, 3.8) is 0 Å². The number of benzene rings is 2. The Hall–Kier alpha value is -3.26. The van der Waals surface area contributed by atoms with Gasteiger partial charge in [-0.25, -0.2) is 4.98 Å². The zero-order valence-electron chi connectivity index (χ0n) is 15.3. The minimum Gasteiger partial charge on any atom is -0.497 e. The molecule has 0 saturated heterocycles. The van der Waals surface area contributed by atoms with Crippen LogP contribution in [-0.4, -0.2) is 32.8 Å². The molecule has 0 saturated carbocycles. The lowest BCUT2D eigenvalue weighted by molar-refractivity contribution is -0.116. The first-order valence-electron chi connectivity index (χ1n) is 8.86. The number of nitrogens with one attached hydrogen (secondary N) is 1. The van der Waals surface area contributed by atoms with E-state index >= 15 is 0 Å². The van der Waals surface area contributed by atoms with E-state index in [2.05, 4.69) is 26.6 Å². The fourth-order valence-electron chi connectivity index (χ4n) is 2.93. The van der Waals surface area contributed by atoms with Gasteiger partial charge in [0.1, 0.15) is 17.3 Å². The van der Waals surface area contributed by atoms with Crippen LogP contribution >= 0.6 is 11.3 Å². The Kier molecular flexibility index (Phi) is 5.29. The van der Waals surface area contributed by atoms with Gasteiger partial charge in [0.25, 0.3) is 0 Å². The van der Waals surface area contributed by atoms with Gasteiger partial charge in [-0.1, -0.05) is 35.6 Å². The lowest BCUT2D eigenvalue weighted by Gasteiger charge is -2.04. The molecule has 0 aliphatic carbocycles. The van der Waals surface area contributed by atoms with Gasteiger partial charge in [0.15, 0.2) is 0 Å². The number of nitrogens with zero attached hydrogens (tertiary/aromatic N) is 4. The molecule has 4 aromatic rings. The van der Waals surface area contributed by atoms with E-state index < -0.39 is 0 Å². The molecule has 2 heterocycles. The summed E-state index contributed by atoms with van der Waals surface area (Å²) in [7, 11) is 1.66. The summed E-state index contributed by atoms with van der Waals surface area (Å²) in [6.45, 7) is 0.180. The maximum absolute atomic E-state index is 12.3. The number of hydrogen-bond acceptors (Lipinski definition) is 6. The molecule has 8 heteroatoms. The number of para-hydroxylation sites is 2. The Labute approximate surface area is 166 Å². The van der Waals surface area contributed by atoms with Crippen LogP contribution in [0.1, 0.15) is 10.6 Å². The largest absolute Gasteiger partial charge is 0.497 e. The third-order valence-corrected chi connectivity index (χ3v) is 5.21. The summed E-state index contributed by atoms with van der Waals surface area (Å²) in [5, 5.41) is 12.5. The third-order valence-electron chi connectivity index (χ3n) is 4.32. The molecule has 7 nitrogen and oxygen atoms in total. The highest BCUT2D eigenvalue weighted by atomic mass is 32.1. The van der Waals surface area contributed by atoms with E-state index in [-0.39, 0.29) is 12.5 Å². The summed E-state index contributed by atoms with van der Waals surface area (Å²) in [6.07, 6.45) is 3.26. The molecule has 2 aromatic carbocycles. The molecule has 0 radical (unpaired) electrons. The summed E-state index contributed by atoms with van der Waals surface area (Å²) in [5.41, 5.74) is 2.96. The number of ether oxygens (including phenoxy) is 1. The van der Waals surface area contributed by atoms with Crippen molar-refractivity contribution in [3.05, 3.63) is 65.4 Å². The lowest BCUT2D eigenvalue weighted by atomic mass is 10.1. The summed E-state index contributed by atoms with van der Waals surface area (Å²) >= 11 is 1.40. The van der Waals surface area contributed by atoms with Crippen LogP contribution in [0.25, 0.3) is 11.0 Å². The number of imidazole rings is 1. The molecule has 0 fully saturated rings. The minimum absolute atomic E-state index is 0.154. The van der Waals surface area contributed by atoms with E-state index in [0.717, 1.165) is 34.6 Å². The molecule has 0 unspecified atom stereocenters. The highest BCUT2D eigenvalue weighted by Gasteiger charge is 2.11. The topological polar surface area (TPSA) is 81.9 Å². The summed E-state index contributed by atoms with van der Waals surface area (Å²) in [6, 6.07) is 15.7. The second-order valence-corrected chi connectivity index (χ2v) is 7.32. The average Bonchev–Trinajstić information content (AvgIpc) is 3.34.